The molecule has 0 bridgehead atoms. The molecular formula is C28H30O6S2. The average Bonchev–Trinajstić information content (AvgIpc) is 2.74. The van der Waals surface area contributed by atoms with Crippen LogP contribution < -0.4 is 0 Å². The fraction of sp³-hybridized carbons (Fsp3) is 0.286. The van der Waals surface area contributed by atoms with Gasteiger partial charge in [-0.25, -0.2) is 0 Å². The van der Waals surface area contributed by atoms with Crippen molar-refractivity contribution in [2.24, 2.45) is 0 Å². The topological polar surface area (TPSA) is 109 Å². The lowest BCUT2D eigenvalue weighted by Crippen LogP contribution is -2.11. The molecule has 0 aliphatic rings. The Kier molecular flexibility index (Phi) is 6.12. The van der Waals surface area contributed by atoms with Gasteiger partial charge in [0.2, 0.25) is 0 Å². The fourth-order valence-electron chi connectivity index (χ4n) is 4.50. The molecule has 8 heteroatoms. The number of rotatable bonds is 3. The summed E-state index contributed by atoms with van der Waals surface area (Å²) >= 11 is 0. The summed E-state index contributed by atoms with van der Waals surface area (Å²) in [5.41, 5.74) is 1.69. The monoisotopic (exact) mass is 526 g/mol. The Morgan fingerprint density at radius 2 is 0.861 bits per heavy atom. The Bertz CT molecular complexity index is 1610. The first-order chi connectivity index (χ1) is 16.4. The van der Waals surface area contributed by atoms with E-state index in [1.807, 2.05) is 24.3 Å². The van der Waals surface area contributed by atoms with E-state index in [1.54, 1.807) is 24.3 Å². The maximum atomic E-state index is 12.5. The molecule has 0 spiro atoms. The van der Waals surface area contributed by atoms with Crippen molar-refractivity contribution in [2.75, 3.05) is 0 Å². The van der Waals surface area contributed by atoms with Crippen LogP contribution in [0.4, 0.5) is 0 Å². The van der Waals surface area contributed by atoms with Crippen LogP contribution >= 0.6 is 0 Å². The van der Waals surface area contributed by atoms with Crippen LogP contribution in [0.25, 0.3) is 32.7 Å². The van der Waals surface area contributed by atoms with Gasteiger partial charge in [-0.2, -0.15) is 16.8 Å². The summed E-state index contributed by atoms with van der Waals surface area (Å²) in [6.45, 7) is 12.3. The van der Waals surface area contributed by atoms with Gasteiger partial charge < -0.3 is 0 Å². The summed E-state index contributed by atoms with van der Waals surface area (Å²) in [7, 11) is -9.50. The Balaban J connectivity index is 2.25. The van der Waals surface area contributed by atoms with Crippen LogP contribution in [0.5, 0.6) is 0 Å². The molecule has 4 aromatic carbocycles. The molecule has 0 radical (unpaired) electrons. The van der Waals surface area contributed by atoms with Crippen molar-refractivity contribution in [3.05, 3.63) is 71.8 Å². The highest BCUT2D eigenvalue weighted by Gasteiger charge is 2.28. The molecule has 0 aliphatic heterocycles. The van der Waals surface area contributed by atoms with Crippen LogP contribution in [-0.4, -0.2) is 25.9 Å². The van der Waals surface area contributed by atoms with Gasteiger partial charge in [-0.1, -0.05) is 90.1 Å². The highest BCUT2D eigenvalue weighted by molar-refractivity contribution is 7.86. The second kappa shape index (κ2) is 8.38. The van der Waals surface area contributed by atoms with Crippen molar-refractivity contribution in [3.8, 4) is 11.1 Å². The van der Waals surface area contributed by atoms with E-state index in [2.05, 4.69) is 41.5 Å². The molecule has 0 heterocycles. The summed E-state index contributed by atoms with van der Waals surface area (Å²) in [6.07, 6.45) is 0. The van der Waals surface area contributed by atoms with Crippen molar-refractivity contribution in [1.82, 2.24) is 0 Å². The predicted octanol–water partition coefficient (Wildman–Crippen LogP) is 6.75. The largest absolute Gasteiger partial charge is 0.295 e. The van der Waals surface area contributed by atoms with Gasteiger partial charge in [0.05, 0.1) is 0 Å². The maximum absolute atomic E-state index is 12.5. The van der Waals surface area contributed by atoms with E-state index in [9.17, 15) is 25.9 Å². The molecule has 0 amide bonds. The third-order valence-corrected chi connectivity index (χ3v) is 8.29. The number of fused-ring (bicyclic) bond motifs is 2. The normalized spacial score (nSPS) is 13.4. The molecule has 4 aromatic rings. The number of hydrogen-bond donors (Lipinski definition) is 2. The molecule has 190 valence electrons. The van der Waals surface area contributed by atoms with E-state index >= 15 is 0 Å². The third kappa shape index (κ3) is 4.78. The Labute approximate surface area is 212 Å². The SMILES string of the molecule is CC(C)(C)c1ccc2c(-c3c(S(=O)(=O)O)ccc4cc(C(C)(C)C)ccc34)c(S(=O)(=O)O)ccc2c1. The van der Waals surface area contributed by atoms with E-state index in [4.69, 9.17) is 0 Å². The molecule has 0 unspecified atom stereocenters. The van der Waals surface area contributed by atoms with E-state index in [0.717, 1.165) is 11.1 Å². The summed E-state index contributed by atoms with van der Waals surface area (Å²) < 4.78 is 70.4. The molecule has 0 atom stereocenters. The summed E-state index contributed by atoms with van der Waals surface area (Å²) in [5.74, 6) is 0. The second-order valence-corrected chi connectivity index (χ2v) is 14.0. The molecule has 0 aliphatic carbocycles. The van der Waals surface area contributed by atoms with Gasteiger partial charge in [0.25, 0.3) is 20.2 Å². The van der Waals surface area contributed by atoms with Crippen LogP contribution in [0.15, 0.2) is 70.5 Å². The van der Waals surface area contributed by atoms with Gasteiger partial charge >= 0.3 is 0 Å². The zero-order valence-electron chi connectivity index (χ0n) is 21.1. The van der Waals surface area contributed by atoms with Crippen LogP contribution in [0.3, 0.4) is 0 Å². The van der Waals surface area contributed by atoms with Crippen molar-refractivity contribution < 1.29 is 25.9 Å². The molecule has 0 saturated heterocycles. The first-order valence-corrected chi connectivity index (χ1v) is 14.4. The van der Waals surface area contributed by atoms with Crippen molar-refractivity contribution in [1.29, 1.82) is 0 Å². The summed E-state index contributed by atoms with van der Waals surface area (Å²) in [4.78, 5) is -0.869. The quantitative estimate of drug-likeness (QED) is 0.286. The lowest BCUT2D eigenvalue weighted by atomic mass is 9.83. The lowest BCUT2D eigenvalue weighted by Gasteiger charge is -2.22. The molecule has 0 aromatic heterocycles. The second-order valence-electron chi connectivity index (χ2n) is 11.2. The van der Waals surface area contributed by atoms with Crippen LogP contribution in [0.1, 0.15) is 52.7 Å². The smallest absolute Gasteiger partial charge is 0.282 e. The average molecular weight is 527 g/mol. The lowest BCUT2D eigenvalue weighted by molar-refractivity contribution is 0.480. The van der Waals surface area contributed by atoms with E-state index < -0.39 is 30.0 Å². The highest BCUT2D eigenvalue weighted by Crippen LogP contribution is 2.43. The molecule has 0 fully saturated rings. The predicted molar refractivity (Wildman–Crippen MR) is 144 cm³/mol. The minimum atomic E-state index is -4.75. The van der Waals surface area contributed by atoms with Crippen LogP contribution in [0, 0.1) is 0 Å². The standard InChI is InChI=1S/C28H30O6S2/c1-27(2,3)19-9-11-21-17(15-19)7-13-23(35(29,30)31)25(21)26-22-12-10-20(28(4,5)6)16-18(22)8-14-24(26)36(32,33)34/h7-16H,1-6H3,(H,29,30,31)(H,32,33,34). The minimum absolute atomic E-state index is 0.0252. The maximum Gasteiger partial charge on any atom is 0.295 e. The Morgan fingerprint density at radius 3 is 1.14 bits per heavy atom. The van der Waals surface area contributed by atoms with Crippen molar-refractivity contribution in [3.63, 3.8) is 0 Å². The summed E-state index contributed by atoms with van der Waals surface area (Å²) in [5, 5.41) is 2.23. The van der Waals surface area contributed by atoms with Gasteiger partial charge in [0, 0.05) is 11.1 Å². The van der Waals surface area contributed by atoms with Gasteiger partial charge in [0.15, 0.2) is 0 Å². The van der Waals surface area contributed by atoms with E-state index in [-0.39, 0.29) is 22.0 Å². The van der Waals surface area contributed by atoms with Crippen molar-refractivity contribution in [2.45, 2.75) is 62.2 Å². The third-order valence-electron chi connectivity index (χ3n) is 6.50. The minimum Gasteiger partial charge on any atom is -0.282 e. The van der Waals surface area contributed by atoms with Crippen LogP contribution in [-0.2, 0) is 31.1 Å². The zero-order chi connectivity index (χ0) is 26.8. The van der Waals surface area contributed by atoms with E-state index in [0.29, 0.717) is 21.5 Å². The number of benzene rings is 4. The van der Waals surface area contributed by atoms with Crippen molar-refractivity contribution >= 4 is 41.8 Å². The Hall–Kier alpha value is -2.78. The Morgan fingerprint density at radius 1 is 0.528 bits per heavy atom. The van der Waals surface area contributed by atoms with Gasteiger partial charge in [-0.05, 0) is 55.6 Å². The highest BCUT2D eigenvalue weighted by atomic mass is 32.2. The molecule has 36 heavy (non-hydrogen) atoms. The van der Waals surface area contributed by atoms with Gasteiger partial charge in [-0.3, -0.25) is 9.11 Å². The molecule has 4 rings (SSSR count). The molecule has 6 nitrogen and oxygen atoms in total. The first kappa shape index (κ1) is 26.3. The van der Waals surface area contributed by atoms with Gasteiger partial charge in [-0.15, -0.1) is 0 Å². The fourth-order valence-corrected chi connectivity index (χ4v) is 5.92. The van der Waals surface area contributed by atoms with Gasteiger partial charge in [0.1, 0.15) is 9.79 Å². The van der Waals surface area contributed by atoms with Crippen LogP contribution in [0.2, 0.25) is 0 Å². The van der Waals surface area contributed by atoms with E-state index in [1.165, 1.54) is 12.1 Å². The molecule has 2 N–H and O–H groups in total. The first-order valence-electron chi connectivity index (χ1n) is 11.5. The molecular weight excluding hydrogens is 496 g/mol. The zero-order valence-corrected chi connectivity index (χ0v) is 22.8. The summed E-state index contributed by atoms with van der Waals surface area (Å²) in [6, 6.07) is 16.7. The number of hydrogen-bond acceptors (Lipinski definition) is 4. The molecule has 0 saturated carbocycles.